The maximum Gasteiger partial charge on any atom is 0.329 e. The fourth-order valence-electron chi connectivity index (χ4n) is 2.43. The van der Waals surface area contributed by atoms with E-state index in [0.29, 0.717) is 5.69 Å². The molecule has 28 heavy (non-hydrogen) atoms. The van der Waals surface area contributed by atoms with E-state index in [9.17, 15) is 14.4 Å². The van der Waals surface area contributed by atoms with E-state index in [4.69, 9.17) is 16.3 Å². The molecule has 0 spiro atoms. The monoisotopic (exact) mass is 402 g/mol. The standard InChI is InChI=1S/C21H23ClN2O4/c1-13(2)18(24-20(26)16-11-7-8-12-17(16)22)21(27)28-14(3)19(25)23-15-9-5-4-6-10-15/h4-14,18H,1-3H3,(H,23,25)(H,24,26)/t14-,18-/m0/s1. The van der Waals surface area contributed by atoms with Gasteiger partial charge < -0.3 is 15.4 Å². The average molecular weight is 403 g/mol. The lowest BCUT2D eigenvalue weighted by Crippen LogP contribution is -2.47. The summed E-state index contributed by atoms with van der Waals surface area (Å²) >= 11 is 6.03. The van der Waals surface area contributed by atoms with Crippen LogP contribution in [0, 0.1) is 5.92 Å². The Bertz CT molecular complexity index is 839. The molecule has 148 valence electrons. The Labute approximate surface area is 169 Å². The second-order valence-corrected chi connectivity index (χ2v) is 7.02. The van der Waals surface area contributed by atoms with Crippen LogP contribution in [0.5, 0.6) is 0 Å². The highest BCUT2D eigenvalue weighted by Gasteiger charge is 2.29. The van der Waals surface area contributed by atoms with Crippen molar-refractivity contribution in [2.24, 2.45) is 5.92 Å². The van der Waals surface area contributed by atoms with Crippen LogP contribution in [0.15, 0.2) is 54.6 Å². The maximum atomic E-state index is 12.6. The lowest BCUT2D eigenvalue weighted by molar-refractivity contribution is -0.156. The molecule has 0 heterocycles. The van der Waals surface area contributed by atoms with E-state index in [1.165, 1.54) is 6.92 Å². The van der Waals surface area contributed by atoms with E-state index in [1.807, 2.05) is 6.07 Å². The summed E-state index contributed by atoms with van der Waals surface area (Å²) in [6.45, 7) is 5.02. The van der Waals surface area contributed by atoms with Crippen LogP contribution in [0.3, 0.4) is 0 Å². The second-order valence-electron chi connectivity index (χ2n) is 6.61. The number of ether oxygens (including phenoxy) is 1. The Morgan fingerprint density at radius 1 is 0.929 bits per heavy atom. The first-order valence-electron chi connectivity index (χ1n) is 8.91. The molecule has 0 bridgehead atoms. The summed E-state index contributed by atoms with van der Waals surface area (Å²) in [6.07, 6.45) is -1.02. The number of amides is 2. The van der Waals surface area contributed by atoms with Crippen molar-refractivity contribution in [3.63, 3.8) is 0 Å². The van der Waals surface area contributed by atoms with E-state index in [2.05, 4.69) is 10.6 Å². The highest BCUT2D eigenvalue weighted by molar-refractivity contribution is 6.33. The van der Waals surface area contributed by atoms with Gasteiger partial charge in [-0.05, 0) is 37.1 Å². The number of esters is 1. The third-order valence-corrected chi connectivity index (χ3v) is 4.36. The molecule has 2 amide bonds. The molecule has 0 unspecified atom stereocenters. The van der Waals surface area contributed by atoms with Crippen molar-refractivity contribution in [3.8, 4) is 0 Å². The van der Waals surface area contributed by atoms with Crippen molar-refractivity contribution in [3.05, 3.63) is 65.2 Å². The summed E-state index contributed by atoms with van der Waals surface area (Å²) in [5.41, 5.74) is 0.861. The lowest BCUT2D eigenvalue weighted by Gasteiger charge is -2.23. The zero-order chi connectivity index (χ0) is 20.7. The number of hydrogen-bond donors (Lipinski definition) is 2. The van der Waals surface area contributed by atoms with Crippen LogP contribution in [0.25, 0.3) is 0 Å². The van der Waals surface area contributed by atoms with Gasteiger partial charge >= 0.3 is 5.97 Å². The van der Waals surface area contributed by atoms with Crippen LogP contribution in [0.2, 0.25) is 5.02 Å². The molecule has 2 rings (SSSR count). The molecular weight excluding hydrogens is 380 g/mol. The third kappa shape index (κ3) is 5.82. The first-order chi connectivity index (χ1) is 13.3. The Kier molecular flexibility index (Phi) is 7.58. The summed E-state index contributed by atoms with van der Waals surface area (Å²) in [4.78, 5) is 37.3. The second kappa shape index (κ2) is 9.90. The van der Waals surface area contributed by atoms with Gasteiger partial charge in [0.2, 0.25) is 0 Å². The molecule has 2 aromatic carbocycles. The van der Waals surface area contributed by atoms with E-state index >= 15 is 0 Å². The molecule has 0 saturated heterocycles. The number of halogens is 1. The molecule has 6 nitrogen and oxygen atoms in total. The Morgan fingerprint density at radius 2 is 1.54 bits per heavy atom. The normalized spacial score (nSPS) is 12.8. The van der Waals surface area contributed by atoms with Gasteiger partial charge in [0.1, 0.15) is 6.04 Å². The first-order valence-corrected chi connectivity index (χ1v) is 9.29. The van der Waals surface area contributed by atoms with Crippen LogP contribution in [-0.2, 0) is 14.3 Å². The summed E-state index contributed by atoms with van der Waals surface area (Å²) in [7, 11) is 0. The van der Waals surface area contributed by atoms with Gasteiger partial charge in [-0.2, -0.15) is 0 Å². The summed E-state index contributed by atoms with van der Waals surface area (Å²) in [5, 5.41) is 5.59. The fraction of sp³-hybridized carbons (Fsp3) is 0.286. The zero-order valence-electron chi connectivity index (χ0n) is 15.9. The number of anilines is 1. The molecule has 2 atom stereocenters. The van der Waals surface area contributed by atoms with Gasteiger partial charge in [-0.1, -0.05) is 55.8 Å². The number of rotatable bonds is 7. The zero-order valence-corrected chi connectivity index (χ0v) is 16.7. The molecule has 0 saturated carbocycles. The van der Waals surface area contributed by atoms with Gasteiger partial charge in [0.05, 0.1) is 10.6 Å². The molecule has 2 aromatic rings. The number of carbonyl (C=O) groups is 3. The molecule has 0 aromatic heterocycles. The van der Waals surface area contributed by atoms with Crippen LogP contribution >= 0.6 is 11.6 Å². The highest BCUT2D eigenvalue weighted by Crippen LogP contribution is 2.16. The van der Waals surface area contributed by atoms with Gasteiger partial charge in [-0.15, -0.1) is 0 Å². The van der Waals surface area contributed by atoms with E-state index < -0.39 is 29.9 Å². The van der Waals surface area contributed by atoms with Gasteiger partial charge in [0.25, 0.3) is 11.8 Å². The minimum Gasteiger partial charge on any atom is -0.451 e. The highest BCUT2D eigenvalue weighted by atomic mass is 35.5. The van der Waals surface area contributed by atoms with Gasteiger partial charge in [0.15, 0.2) is 6.10 Å². The number of carbonyl (C=O) groups excluding carboxylic acids is 3. The average Bonchev–Trinajstić information content (AvgIpc) is 2.66. The van der Waals surface area contributed by atoms with Gasteiger partial charge in [0, 0.05) is 5.69 Å². The van der Waals surface area contributed by atoms with Gasteiger partial charge in [-0.25, -0.2) is 4.79 Å². The minimum atomic E-state index is -1.02. The number of hydrogen-bond acceptors (Lipinski definition) is 4. The van der Waals surface area contributed by atoms with Gasteiger partial charge in [-0.3, -0.25) is 9.59 Å². The summed E-state index contributed by atoms with van der Waals surface area (Å²) < 4.78 is 5.28. The molecular formula is C21H23ClN2O4. The quantitative estimate of drug-likeness (QED) is 0.692. The minimum absolute atomic E-state index is 0.247. The number of benzene rings is 2. The molecule has 0 aliphatic heterocycles. The van der Waals surface area contributed by atoms with Crippen LogP contribution < -0.4 is 10.6 Å². The number of nitrogens with one attached hydrogen (secondary N) is 2. The van der Waals surface area contributed by atoms with E-state index in [1.54, 1.807) is 62.4 Å². The van der Waals surface area contributed by atoms with Crippen molar-refractivity contribution in [1.29, 1.82) is 0 Å². The van der Waals surface area contributed by atoms with E-state index in [0.717, 1.165) is 0 Å². The summed E-state index contributed by atoms with van der Waals surface area (Å²) in [5.74, 6) is -1.88. The van der Waals surface area contributed by atoms with Crippen molar-refractivity contribution in [2.45, 2.75) is 32.9 Å². The van der Waals surface area contributed by atoms with Crippen molar-refractivity contribution < 1.29 is 19.1 Å². The molecule has 0 fully saturated rings. The third-order valence-electron chi connectivity index (χ3n) is 4.03. The van der Waals surface area contributed by atoms with E-state index in [-0.39, 0.29) is 16.5 Å². The van der Waals surface area contributed by atoms with Crippen molar-refractivity contribution in [1.82, 2.24) is 5.32 Å². The topological polar surface area (TPSA) is 84.5 Å². The fourth-order valence-corrected chi connectivity index (χ4v) is 2.65. The van der Waals surface area contributed by atoms with Crippen molar-refractivity contribution in [2.75, 3.05) is 5.32 Å². The maximum absolute atomic E-state index is 12.6. The smallest absolute Gasteiger partial charge is 0.329 e. The first kappa shape index (κ1) is 21.4. The predicted molar refractivity (Wildman–Crippen MR) is 108 cm³/mol. The Morgan fingerprint density at radius 3 is 2.14 bits per heavy atom. The van der Waals surface area contributed by atoms with Crippen LogP contribution in [-0.4, -0.2) is 29.9 Å². The molecule has 0 aliphatic carbocycles. The largest absolute Gasteiger partial charge is 0.451 e. The van der Waals surface area contributed by atoms with Crippen molar-refractivity contribution >= 4 is 35.1 Å². The molecule has 2 N–H and O–H groups in total. The Hall–Kier alpha value is -2.86. The summed E-state index contributed by atoms with van der Waals surface area (Å²) in [6, 6.07) is 14.5. The lowest BCUT2D eigenvalue weighted by atomic mass is 10.0. The molecule has 0 radical (unpaired) electrons. The molecule has 0 aliphatic rings. The SMILES string of the molecule is CC(C)[C@H](NC(=O)c1ccccc1Cl)C(=O)O[C@@H](C)C(=O)Nc1ccccc1. The molecule has 7 heteroatoms. The Balaban J connectivity index is 2.01. The number of para-hydroxylation sites is 1. The van der Waals surface area contributed by atoms with Crippen LogP contribution in [0.4, 0.5) is 5.69 Å². The predicted octanol–water partition coefficient (Wildman–Crippen LogP) is 3.66. The van der Waals surface area contributed by atoms with Crippen LogP contribution in [0.1, 0.15) is 31.1 Å².